The van der Waals surface area contributed by atoms with Crippen LogP contribution in [0.2, 0.25) is 0 Å². The lowest BCUT2D eigenvalue weighted by atomic mass is 10.1. The Morgan fingerprint density at radius 1 is 0.800 bits per heavy atom. The van der Waals surface area contributed by atoms with Gasteiger partial charge in [-0.25, -0.2) is 10.2 Å². The molecule has 2 rings (SSSR count). The van der Waals surface area contributed by atoms with Gasteiger partial charge in [0, 0.05) is 6.42 Å². The second-order valence-corrected chi connectivity index (χ2v) is 9.34. The molecule has 0 spiro atoms. The summed E-state index contributed by atoms with van der Waals surface area (Å²) in [5, 5.41) is 6.57. The topological polar surface area (TPSA) is 115 Å². The SMILES string of the molecule is CCCCCCCCCC(=O)NCC(=O)N/N=C/c1ccc(OC(=O)c2ccc(OCCC)cc2)c(OCC)c1. The van der Waals surface area contributed by atoms with Gasteiger partial charge in [0.05, 0.1) is 31.5 Å². The Morgan fingerprint density at radius 2 is 1.52 bits per heavy atom. The third kappa shape index (κ3) is 12.8. The number of hydrazone groups is 1. The lowest BCUT2D eigenvalue weighted by Gasteiger charge is -2.12. The van der Waals surface area contributed by atoms with Crippen LogP contribution in [-0.2, 0) is 9.59 Å². The van der Waals surface area contributed by atoms with E-state index in [9.17, 15) is 14.4 Å². The Bertz CT molecular complexity index is 1080. The molecule has 0 fully saturated rings. The van der Waals surface area contributed by atoms with Crippen LogP contribution in [0.1, 0.15) is 94.5 Å². The number of esters is 1. The van der Waals surface area contributed by atoms with E-state index >= 15 is 0 Å². The van der Waals surface area contributed by atoms with Gasteiger partial charge in [-0.3, -0.25) is 9.59 Å². The number of nitrogens with one attached hydrogen (secondary N) is 2. The molecule has 0 saturated heterocycles. The zero-order valence-electron chi connectivity index (χ0n) is 24.0. The minimum absolute atomic E-state index is 0.139. The normalized spacial score (nSPS) is 10.8. The minimum atomic E-state index is -0.523. The fourth-order valence-corrected chi connectivity index (χ4v) is 3.75. The van der Waals surface area contributed by atoms with Gasteiger partial charge in [0.25, 0.3) is 5.91 Å². The maximum Gasteiger partial charge on any atom is 0.343 e. The second kappa shape index (κ2) is 19.2. The molecule has 0 heterocycles. The average Bonchev–Trinajstić information content (AvgIpc) is 2.96. The summed E-state index contributed by atoms with van der Waals surface area (Å²) in [5.41, 5.74) is 3.41. The second-order valence-electron chi connectivity index (χ2n) is 9.34. The van der Waals surface area contributed by atoms with Crippen LogP contribution < -0.4 is 25.0 Å². The van der Waals surface area contributed by atoms with E-state index in [1.807, 2.05) is 13.8 Å². The van der Waals surface area contributed by atoms with Crippen LogP contribution in [0.15, 0.2) is 47.6 Å². The predicted molar refractivity (Wildman–Crippen MR) is 156 cm³/mol. The predicted octanol–water partition coefficient (Wildman–Crippen LogP) is 5.80. The van der Waals surface area contributed by atoms with E-state index in [-0.39, 0.29) is 18.2 Å². The lowest BCUT2D eigenvalue weighted by Crippen LogP contribution is -2.34. The van der Waals surface area contributed by atoms with E-state index in [0.717, 1.165) is 25.7 Å². The maximum absolute atomic E-state index is 12.6. The molecule has 0 unspecified atom stereocenters. The van der Waals surface area contributed by atoms with Crippen molar-refractivity contribution in [3.8, 4) is 17.2 Å². The summed E-state index contributed by atoms with van der Waals surface area (Å²) in [6.45, 7) is 6.87. The molecule has 40 heavy (non-hydrogen) atoms. The molecular weight excluding hydrogens is 510 g/mol. The highest BCUT2D eigenvalue weighted by Gasteiger charge is 2.14. The first kappa shape index (κ1) is 32.3. The molecule has 218 valence electrons. The zero-order chi connectivity index (χ0) is 29.0. The Balaban J connectivity index is 1.80. The highest BCUT2D eigenvalue weighted by Crippen LogP contribution is 2.29. The van der Waals surface area contributed by atoms with Crippen molar-refractivity contribution >= 4 is 24.0 Å². The summed E-state index contributed by atoms with van der Waals surface area (Å²) in [5.74, 6) is 0.237. The molecular formula is C31H43N3O6. The van der Waals surface area contributed by atoms with E-state index in [4.69, 9.17) is 14.2 Å². The summed E-state index contributed by atoms with van der Waals surface area (Å²) < 4.78 is 16.7. The number of nitrogens with zero attached hydrogens (tertiary/aromatic N) is 1. The van der Waals surface area contributed by atoms with Crippen molar-refractivity contribution in [3.05, 3.63) is 53.6 Å². The Labute approximate surface area is 237 Å². The van der Waals surface area contributed by atoms with Gasteiger partial charge in [0.2, 0.25) is 5.91 Å². The molecule has 0 aromatic heterocycles. The van der Waals surface area contributed by atoms with E-state index in [2.05, 4.69) is 22.8 Å². The van der Waals surface area contributed by atoms with Crippen LogP contribution in [0.25, 0.3) is 0 Å². The third-order valence-electron chi connectivity index (χ3n) is 5.89. The molecule has 0 aliphatic heterocycles. The molecule has 0 bridgehead atoms. The highest BCUT2D eigenvalue weighted by atomic mass is 16.6. The largest absolute Gasteiger partial charge is 0.494 e. The monoisotopic (exact) mass is 553 g/mol. The standard InChI is InChI=1S/C31H43N3O6/c1-4-7-8-9-10-11-12-13-29(35)32-23-30(36)34-33-22-24-14-19-27(28(21-24)38-6-3)40-31(37)25-15-17-26(18-16-25)39-20-5-2/h14-19,21-22H,4-13,20,23H2,1-3H3,(H,32,35)(H,34,36)/b33-22+. The van der Waals surface area contributed by atoms with Crippen molar-refractivity contribution in [2.45, 2.75) is 78.6 Å². The first-order chi connectivity index (χ1) is 19.5. The van der Waals surface area contributed by atoms with Crippen molar-refractivity contribution < 1.29 is 28.6 Å². The highest BCUT2D eigenvalue weighted by molar-refractivity contribution is 5.92. The lowest BCUT2D eigenvalue weighted by molar-refractivity contribution is -0.126. The number of benzene rings is 2. The van der Waals surface area contributed by atoms with Crippen LogP contribution >= 0.6 is 0 Å². The Kier molecular flexibility index (Phi) is 15.5. The van der Waals surface area contributed by atoms with Gasteiger partial charge in [0.1, 0.15) is 5.75 Å². The summed E-state index contributed by atoms with van der Waals surface area (Å²) >= 11 is 0. The van der Waals surface area contributed by atoms with Gasteiger partial charge >= 0.3 is 5.97 Å². The molecule has 0 aliphatic carbocycles. The molecule has 0 atom stereocenters. The van der Waals surface area contributed by atoms with E-state index < -0.39 is 11.9 Å². The van der Waals surface area contributed by atoms with Gasteiger partial charge in [-0.05, 0) is 67.8 Å². The molecule has 2 aromatic rings. The van der Waals surface area contributed by atoms with Gasteiger partial charge in [-0.2, -0.15) is 5.10 Å². The van der Waals surface area contributed by atoms with Crippen molar-refractivity contribution in [1.29, 1.82) is 0 Å². The van der Waals surface area contributed by atoms with Crippen molar-refractivity contribution in [2.24, 2.45) is 5.10 Å². The fourth-order valence-electron chi connectivity index (χ4n) is 3.75. The van der Waals surface area contributed by atoms with Gasteiger partial charge in [0.15, 0.2) is 11.5 Å². The summed E-state index contributed by atoms with van der Waals surface area (Å²) in [7, 11) is 0. The van der Waals surface area contributed by atoms with E-state index in [1.54, 1.807) is 42.5 Å². The quantitative estimate of drug-likeness (QED) is 0.0747. The number of hydrogen-bond acceptors (Lipinski definition) is 7. The van der Waals surface area contributed by atoms with Crippen LogP contribution in [0.4, 0.5) is 0 Å². The molecule has 0 aliphatic rings. The third-order valence-corrected chi connectivity index (χ3v) is 5.89. The van der Waals surface area contributed by atoms with Crippen molar-refractivity contribution in [1.82, 2.24) is 10.7 Å². The smallest absolute Gasteiger partial charge is 0.343 e. The van der Waals surface area contributed by atoms with Gasteiger partial charge < -0.3 is 19.5 Å². The fraction of sp³-hybridized carbons (Fsp3) is 0.484. The van der Waals surface area contributed by atoms with Crippen LogP contribution in [0.5, 0.6) is 17.2 Å². The number of rotatable bonds is 19. The van der Waals surface area contributed by atoms with Gasteiger partial charge in [-0.15, -0.1) is 0 Å². The Morgan fingerprint density at radius 3 is 2.23 bits per heavy atom. The van der Waals surface area contributed by atoms with Crippen molar-refractivity contribution in [2.75, 3.05) is 19.8 Å². The number of amides is 2. The number of hydrogen-bond donors (Lipinski definition) is 2. The van der Waals surface area contributed by atoms with E-state index in [0.29, 0.717) is 42.3 Å². The molecule has 0 saturated carbocycles. The Hall–Kier alpha value is -3.88. The van der Waals surface area contributed by atoms with E-state index in [1.165, 1.54) is 31.9 Å². The zero-order valence-corrected chi connectivity index (χ0v) is 24.0. The molecule has 0 radical (unpaired) electrons. The summed E-state index contributed by atoms with van der Waals surface area (Å²) in [6.07, 6.45) is 10.7. The number of unbranched alkanes of at least 4 members (excludes halogenated alkanes) is 6. The molecule has 2 amide bonds. The molecule has 2 N–H and O–H groups in total. The maximum atomic E-state index is 12.6. The molecule has 9 nitrogen and oxygen atoms in total. The molecule has 9 heteroatoms. The first-order valence-electron chi connectivity index (χ1n) is 14.3. The number of ether oxygens (including phenoxy) is 3. The molecule has 2 aromatic carbocycles. The number of carbonyl (C=O) groups is 3. The summed E-state index contributed by atoms with van der Waals surface area (Å²) in [4.78, 5) is 36.6. The first-order valence-corrected chi connectivity index (χ1v) is 14.3. The summed E-state index contributed by atoms with van der Waals surface area (Å²) in [6, 6.07) is 11.7. The van der Waals surface area contributed by atoms with Crippen LogP contribution in [-0.4, -0.2) is 43.8 Å². The minimum Gasteiger partial charge on any atom is -0.494 e. The van der Waals surface area contributed by atoms with Crippen molar-refractivity contribution in [3.63, 3.8) is 0 Å². The number of carbonyl (C=O) groups excluding carboxylic acids is 3. The van der Waals surface area contributed by atoms with Gasteiger partial charge in [-0.1, -0.05) is 52.4 Å². The van der Waals surface area contributed by atoms with Crippen LogP contribution in [0.3, 0.4) is 0 Å². The van der Waals surface area contributed by atoms with Crippen LogP contribution in [0, 0.1) is 0 Å². The average molecular weight is 554 g/mol.